The van der Waals surface area contributed by atoms with E-state index < -0.39 is 0 Å². The van der Waals surface area contributed by atoms with E-state index in [0.717, 1.165) is 16.8 Å². The molecular weight excluding hydrogens is 242 g/mol. The normalized spacial score (nSPS) is 11.2. The van der Waals surface area contributed by atoms with Gasteiger partial charge in [0.15, 0.2) is 5.82 Å². The van der Waals surface area contributed by atoms with Crippen molar-refractivity contribution in [2.75, 3.05) is 12.3 Å². The second-order valence-electron chi connectivity index (χ2n) is 4.72. The molecule has 0 fully saturated rings. The number of aromatic nitrogens is 4. The van der Waals surface area contributed by atoms with Gasteiger partial charge in [0.05, 0.1) is 19.3 Å². The minimum absolute atomic E-state index is 0.204. The molecule has 19 heavy (non-hydrogen) atoms. The maximum absolute atomic E-state index is 5.91. The van der Waals surface area contributed by atoms with E-state index in [1.807, 2.05) is 39.0 Å². The van der Waals surface area contributed by atoms with Crippen LogP contribution < -0.4 is 5.73 Å². The molecule has 0 unspecified atom stereocenters. The number of nitrogens with zero attached hydrogens (tertiary/aromatic N) is 4. The van der Waals surface area contributed by atoms with Crippen LogP contribution >= 0.6 is 0 Å². The van der Waals surface area contributed by atoms with Crippen LogP contribution in [0.25, 0.3) is 11.4 Å². The highest BCUT2D eigenvalue weighted by molar-refractivity contribution is 5.63. The van der Waals surface area contributed by atoms with E-state index in [4.69, 9.17) is 10.5 Å². The van der Waals surface area contributed by atoms with Crippen LogP contribution in [-0.2, 0) is 11.3 Å². The van der Waals surface area contributed by atoms with Crippen molar-refractivity contribution < 1.29 is 4.74 Å². The van der Waals surface area contributed by atoms with Crippen LogP contribution in [0, 0.1) is 6.92 Å². The monoisotopic (exact) mass is 261 g/mol. The van der Waals surface area contributed by atoms with Crippen molar-refractivity contribution in [1.29, 1.82) is 0 Å². The Balaban J connectivity index is 2.16. The van der Waals surface area contributed by atoms with Crippen molar-refractivity contribution in [2.45, 2.75) is 33.4 Å². The largest absolute Gasteiger partial charge is 0.398 e. The highest BCUT2D eigenvalue weighted by atomic mass is 16.5. The van der Waals surface area contributed by atoms with Gasteiger partial charge in [-0.05, 0) is 42.8 Å². The zero-order chi connectivity index (χ0) is 13.8. The molecule has 2 N–H and O–H groups in total. The van der Waals surface area contributed by atoms with E-state index in [9.17, 15) is 0 Å². The van der Waals surface area contributed by atoms with Crippen LogP contribution in [0.3, 0.4) is 0 Å². The maximum atomic E-state index is 5.91. The lowest BCUT2D eigenvalue weighted by atomic mass is 10.1. The summed E-state index contributed by atoms with van der Waals surface area (Å²) in [6, 6.07) is 5.83. The summed E-state index contributed by atoms with van der Waals surface area (Å²) in [7, 11) is 0. The van der Waals surface area contributed by atoms with Crippen molar-refractivity contribution in [2.24, 2.45) is 0 Å². The van der Waals surface area contributed by atoms with Gasteiger partial charge in [-0.15, -0.1) is 5.10 Å². The summed E-state index contributed by atoms with van der Waals surface area (Å²) in [6.07, 6.45) is 0.204. The summed E-state index contributed by atoms with van der Waals surface area (Å²) < 4.78 is 7.24. The van der Waals surface area contributed by atoms with Crippen molar-refractivity contribution in [1.82, 2.24) is 20.2 Å². The minimum atomic E-state index is 0.204. The fraction of sp³-hybridized carbons (Fsp3) is 0.462. The summed E-state index contributed by atoms with van der Waals surface area (Å²) in [5.41, 5.74) is 8.62. The Labute approximate surface area is 112 Å². The lowest BCUT2D eigenvalue weighted by molar-refractivity contribution is 0.0709. The van der Waals surface area contributed by atoms with Crippen molar-refractivity contribution in [3.05, 3.63) is 23.8 Å². The number of hydrogen-bond acceptors (Lipinski definition) is 5. The summed E-state index contributed by atoms with van der Waals surface area (Å²) in [4.78, 5) is 0. The SMILES string of the molecule is Cc1ccc(-c2nnnn2CCOC(C)C)cc1N. The van der Waals surface area contributed by atoms with Gasteiger partial charge in [0.25, 0.3) is 0 Å². The van der Waals surface area contributed by atoms with Crippen molar-refractivity contribution >= 4 is 5.69 Å². The zero-order valence-electron chi connectivity index (χ0n) is 11.5. The van der Waals surface area contributed by atoms with Gasteiger partial charge >= 0.3 is 0 Å². The molecule has 0 saturated heterocycles. The molecule has 102 valence electrons. The average Bonchev–Trinajstić information content (AvgIpc) is 2.80. The smallest absolute Gasteiger partial charge is 0.182 e. The van der Waals surface area contributed by atoms with Gasteiger partial charge in [0.1, 0.15) is 0 Å². The van der Waals surface area contributed by atoms with Crippen LogP contribution in [-0.4, -0.2) is 32.9 Å². The number of tetrazole rings is 1. The molecule has 6 nitrogen and oxygen atoms in total. The number of anilines is 1. The first-order chi connectivity index (χ1) is 9.08. The number of aryl methyl sites for hydroxylation is 1. The second kappa shape index (κ2) is 5.79. The van der Waals surface area contributed by atoms with Gasteiger partial charge < -0.3 is 10.5 Å². The molecule has 1 aromatic heterocycles. The molecule has 2 rings (SSSR count). The highest BCUT2D eigenvalue weighted by Gasteiger charge is 2.10. The lowest BCUT2D eigenvalue weighted by Crippen LogP contribution is -2.12. The summed E-state index contributed by atoms with van der Waals surface area (Å²) in [5, 5.41) is 11.7. The molecule has 1 aromatic carbocycles. The van der Waals surface area contributed by atoms with Gasteiger partial charge in [-0.2, -0.15) is 0 Å². The number of benzene rings is 1. The third-order valence-corrected chi connectivity index (χ3v) is 2.82. The topological polar surface area (TPSA) is 78.8 Å². The van der Waals surface area contributed by atoms with Crippen LogP contribution in [0.1, 0.15) is 19.4 Å². The van der Waals surface area contributed by atoms with Gasteiger partial charge in [-0.25, -0.2) is 4.68 Å². The highest BCUT2D eigenvalue weighted by Crippen LogP contribution is 2.21. The van der Waals surface area contributed by atoms with E-state index in [-0.39, 0.29) is 6.10 Å². The Morgan fingerprint density at radius 2 is 2.16 bits per heavy atom. The predicted octanol–water partition coefficient (Wildman–Crippen LogP) is 1.66. The average molecular weight is 261 g/mol. The number of nitrogens with two attached hydrogens (primary N) is 1. The fourth-order valence-corrected chi connectivity index (χ4v) is 1.72. The Morgan fingerprint density at radius 3 is 2.84 bits per heavy atom. The van der Waals surface area contributed by atoms with Crippen LogP contribution in [0.2, 0.25) is 0 Å². The number of rotatable bonds is 5. The molecule has 0 aliphatic rings. The molecular formula is C13H19N5O. The Morgan fingerprint density at radius 1 is 1.37 bits per heavy atom. The zero-order valence-corrected chi connectivity index (χ0v) is 11.5. The van der Waals surface area contributed by atoms with E-state index in [0.29, 0.717) is 19.0 Å². The van der Waals surface area contributed by atoms with Crippen molar-refractivity contribution in [3.63, 3.8) is 0 Å². The summed E-state index contributed by atoms with van der Waals surface area (Å²) >= 11 is 0. The number of hydrogen-bond donors (Lipinski definition) is 1. The fourth-order valence-electron chi connectivity index (χ4n) is 1.72. The predicted molar refractivity (Wildman–Crippen MR) is 73.5 cm³/mol. The Hall–Kier alpha value is -1.95. The van der Waals surface area contributed by atoms with Crippen LogP contribution in [0.4, 0.5) is 5.69 Å². The summed E-state index contributed by atoms with van der Waals surface area (Å²) in [5.74, 6) is 0.707. The van der Waals surface area contributed by atoms with E-state index in [2.05, 4.69) is 15.5 Å². The van der Waals surface area contributed by atoms with Gasteiger partial charge in [-0.3, -0.25) is 0 Å². The van der Waals surface area contributed by atoms with E-state index >= 15 is 0 Å². The molecule has 1 heterocycles. The molecule has 0 bridgehead atoms. The Bertz CT molecular complexity index is 550. The standard InChI is InChI=1S/C13H19N5O/c1-9(2)19-7-6-18-13(15-16-17-18)11-5-4-10(3)12(14)8-11/h4-5,8-9H,6-7,14H2,1-3H3. The quantitative estimate of drug-likeness (QED) is 0.828. The van der Waals surface area contributed by atoms with Crippen molar-refractivity contribution in [3.8, 4) is 11.4 Å². The maximum Gasteiger partial charge on any atom is 0.182 e. The third kappa shape index (κ3) is 3.29. The van der Waals surface area contributed by atoms with Crippen LogP contribution in [0.15, 0.2) is 18.2 Å². The molecule has 6 heteroatoms. The lowest BCUT2D eigenvalue weighted by Gasteiger charge is -2.09. The van der Waals surface area contributed by atoms with Gasteiger partial charge in [-0.1, -0.05) is 12.1 Å². The molecule has 0 aliphatic carbocycles. The number of nitrogen functional groups attached to an aromatic ring is 1. The molecule has 2 aromatic rings. The van der Waals surface area contributed by atoms with Crippen LogP contribution in [0.5, 0.6) is 0 Å². The molecule has 0 spiro atoms. The van der Waals surface area contributed by atoms with E-state index in [1.165, 1.54) is 0 Å². The first-order valence-corrected chi connectivity index (χ1v) is 6.32. The second-order valence-corrected chi connectivity index (χ2v) is 4.72. The molecule has 0 aliphatic heterocycles. The van der Waals surface area contributed by atoms with E-state index in [1.54, 1.807) is 4.68 Å². The summed E-state index contributed by atoms with van der Waals surface area (Å²) in [6.45, 7) is 7.17. The third-order valence-electron chi connectivity index (χ3n) is 2.82. The molecule has 0 atom stereocenters. The molecule has 0 saturated carbocycles. The Kier molecular flexibility index (Phi) is 4.11. The first-order valence-electron chi connectivity index (χ1n) is 6.32. The molecule has 0 amide bonds. The minimum Gasteiger partial charge on any atom is -0.398 e. The molecule has 0 radical (unpaired) electrons. The van der Waals surface area contributed by atoms with Gasteiger partial charge in [0, 0.05) is 11.3 Å². The first kappa shape index (κ1) is 13.5. The van der Waals surface area contributed by atoms with Gasteiger partial charge in [0.2, 0.25) is 0 Å². The number of ether oxygens (including phenoxy) is 1.